The molecule has 1 aliphatic carbocycles. The summed E-state index contributed by atoms with van der Waals surface area (Å²) in [5.41, 5.74) is 5.43. The number of carbonyl (C=O) groups excluding carboxylic acids is 1. The van der Waals surface area contributed by atoms with E-state index in [-0.39, 0.29) is 5.91 Å². The summed E-state index contributed by atoms with van der Waals surface area (Å²) in [6.07, 6.45) is 0. The second-order valence-corrected chi connectivity index (χ2v) is 4.34. The predicted molar refractivity (Wildman–Crippen MR) is 61.6 cm³/mol. The zero-order valence-electron chi connectivity index (χ0n) is 10.4. The molecule has 18 heavy (non-hydrogen) atoms. The molecule has 1 amide bonds. The van der Waals surface area contributed by atoms with Gasteiger partial charge in [-0.3, -0.25) is 14.4 Å². The van der Waals surface area contributed by atoms with Gasteiger partial charge >= 0.3 is 11.9 Å². The van der Waals surface area contributed by atoms with Crippen LogP contribution in [0.2, 0.25) is 0 Å². The van der Waals surface area contributed by atoms with Crippen molar-refractivity contribution < 1.29 is 24.6 Å². The van der Waals surface area contributed by atoms with Crippen LogP contribution in [0.4, 0.5) is 0 Å². The third-order valence-electron chi connectivity index (χ3n) is 3.42. The maximum absolute atomic E-state index is 12.0. The maximum atomic E-state index is 12.0. The second-order valence-electron chi connectivity index (χ2n) is 4.34. The lowest BCUT2D eigenvalue weighted by Gasteiger charge is -2.18. The molecule has 0 aromatic rings. The lowest BCUT2D eigenvalue weighted by molar-refractivity contribution is -0.142. The Kier molecular flexibility index (Phi) is 4.28. The molecule has 0 spiro atoms. The monoisotopic (exact) mass is 258 g/mol. The van der Waals surface area contributed by atoms with E-state index in [1.54, 1.807) is 13.8 Å². The number of carboxylic acids is 2. The zero-order chi connectivity index (χ0) is 14.0. The molecule has 0 heterocycles. The van der Waals surface area contributed by atoms with Gasteiger partial charge in [-0.1, -0.05) is 0 Å². The highest BCUT2D eigenvalue weighted by Gasteiger charge is 2.63. The average molecular weight is 258 g/mol. The Hall–Kier alpha value is -1.63. The molecular formula is C11H18N2O5. The molecule has 0 aliphatic heterocycles. The van der Waals surface area contributed by atoms with Crippen LogP contribution < -0.4 is 5.73 Å². The lowest BCUT2D eigenvalue weighted by atomic mass is 10.1. The Morgan fingerprint density at radius 1 is 1.17 bits per heavy atom. The van der Waals surface area contributed by atoms with E-state index in [0.717, 1.165) is 0 Å². The number of hydrogen-bond donors (Lipinski definition) is 3. The molecule has 4 unspecified atom stereocenters. The summed E-state index contributed by atoms with van der Waals surface area (Å²) in [4.78, 5) is 35.3. The second kappa shape index (κ2) is 5.34. The molecular weight excluding hydrogens is 240 g/mol. The summed E-state index contributed by atoms with van der Waals surface area (Å²) in [6.45, 7) is 4.50. The van der Waals surface area contributed by atoms with Gasteiger partial charge in [0, 0.05) is 19.0 Å². The minimum absolute atomic E-state index is 0.325. The van der Waals surface area contributed by atoms with E-state index < -0.39 is 35.7 Å². The molecule has 4 atom stereocenters. The van der Waals surface area contributed by atoms with Gasteiger partial charge in [-0.25, -0.2) is 0 Å². The fourth-order valence-corrected chi connectivity index (χ4v) is 2.33. The smallest absolute Gasteiger partial charge is 0.320 e. The van der Waals surface area contributed by atoms with E-state index in [0.29, 0.717) is 13.1 Å². The summed E-state index contributed by atoms with van der Waals surface area (Å²) in [7, 11) is 0. The van der Waals surface area contributed by atoms with Crippen molar-refractivity contribution in [1.29, 1.82) is 0 Å². The van der Waals surface area contributed by atoms with Gasteiger partial charge in [0.25, 0.3) is 0 Å². The van der Waals surface area contributed by atoms with Crippen molar-refractivity contribution in [3.05, 3.63) is 0 Å². The summed E-state index contributed by atoms with van der Waals surface area (Å²) in [5, 5.41) is 17.8. The molecule has 0 saturated heterocycles. The summed E-state index contributed by atoms with van der Waals surface area (Å²) in [6, 6.07) is -1.31. The van der Waals surface area contributed by atoms with Crippen molar-refractivity contribution in [2.75, 3.05) is 13.1 Å². The van der Waals surface area contributed by atoms with Gasteiger partial charge in [-0.15, -0.1) is 0 Å². The number of nitrogens with zero attached hydrogens (tertiary/aromatic N) is 1. The Labute approximate surface area is 105 Å². The molecule has 1 rings (SSSR count). The van der Waals surface area contributed by atoms with Gasteiger partial charge in [-0.2, -0.15) is 0 Å². The summed E-state index contributed by atoms with van der Waals surface area (Å²) in [5.74, 6) is -5.37. The number of carbonyl (C=O) groups is 3. The van der Waals surface area contributed by atoms with Crippen molar-refractivity contribution in [2.24, 2.45) is 23.5 Å². The highest BCUT2D eigenvalue weighted by Crippen LogP contribution is 2.49. The van der Waals surface area contributed by atoms with Crippen molar-refractivity contribution in [1.82, 2.24) is 4.90 Å². The van der Waals surface area contributed by atoms with Crippen LogP contribution in [-0.4, -0.2) is 52.1 Å². The van der Waals surface area contributed by atoms with Crippen LogP contribution in [0.25, 0.3) is 0 Å². The Morgan fingerprint density at radius 2 is 1.67 bits per heavy atom. The SMILES string of the molecule is CCN(CC)C(=O)C1C(C(=O)O)C1C(N)C(=O)O. The number of hydrogen-bond acceptors (Lipinski definition) is 4. The molecule has 7 nitrogen and oxygen atoms in total. The van der Waals surface area contributed by atoms with Gasteiger partial charge < -0.3 is 20.8 Å². The van der Waals surface area contributed by atoms with Crippen molar-refractivity contribution in [3.63, 3.8) is 0 Å². The van der Waals surface area contributed by atoms with Crippen LogP contribution >= 0.6 is 0 Å². The van der Waals surface area contributed by atoms with E-state index in [2.05, 4.69) is 0 Å². The Balaban J connectivity index is 2.85. The number of carboxylic acid groups (broad SMARTS) is 2. The topological polar surface area (TPSA) is 121 Å². The quantitative estimate of drug-likeness (QED) is 0.574. The fourth-order valence-electron chi connectivity index (χ4n) is 2.33. The molecule has 1 fully saturated rings. The minimum atomic E-state index is -1.31. The number of aliphatic carboxylic acids is 2. The van der Waals surface area contributed by atoms with Gasteiger partial charge in [0.1, 0.15) is 6.04 Å². The fraction of sp³-hybridized carbons (Fsp3) is 0.727. The van der Waals surface area contributed by atoms with Crippen LogP contribution in [-0.2, 0) is 14.4 Å². The first kappa shape index (κ1) is 14.4. The molecule has 7 heteroatoms. The van der Waals surface area contributed by atoms with E-state index in [9.17, 15) is 14.4 Å². The third kappa shape index (κ3) is 2.45. The Bertz CT molecular complexity index is 366. The molecule has 102 valence electrons. The first-order chi connectivity index (χ1) is 8.36. The maximum Gasteiger partial charge on any atom is 0.320 e. The molecule has 0 aromatic carbocycles. The summed E-state index contributed by atoms with van der Waals surface area (Å²) < 4.78 is 0. The summed E-state index contributed by atoms with van der Waals surface area (Å²) >= 11 is 0. The minimum Gasteiger partial charge on any atom is -0.481 e. The molecule has 1 aliphatic rings. The van der Waals surface area contributed by atoms with Crippen LogP contribution in [0.1, 0.15) is 13.8 Å². The average Bonchev–Trinajstić information content (AvgIpc) is 3.04. The highest BCUT2D eigenvalue weighted by atomic mass is 16.4. The van der Waals surface area contributed by atoms with Crippen LogP contribution in [0.5, 0.6) is 0 Å². The van der Waals surface area contributed by atoms with Gasteiger partial charge in [-0.05, 0) is 13.8 Å². The third-order valence-corrected chi connectivity index (χ3v) is 3.42. The van der Waals surface area contributed by atoms with Crippen molar-refractivity contribution in [3.8, 4) is 0 Å². The number of amides is 1. The number of rotatable bonds is 6. The van der Waals surface area contributed by atoms with Crippen molar-refractivity contribution in [2.45, 2.75) is 19.9 Å². The normalized spacial score (nSPS) is 27.4. The van der Waals surface area contributed by atoms with Gasteiger partial charge in [0.2, 0.25) is 5.91 Å². The Morgan fingerprint density at radius 3 is 2.00 bits per heavy atom. The molecule has 1 saturated carbocycles. The standard InChI is InChI=1S/C11H18N2O5/c1-3-13(4-2)9(14)6-5(7(6)10(15)16)8(12)11(17)18/h5-8H,3-4,12H2,1-2H3,(H,15,16)(H,17,18). The van der Waals surface area contributed by atoms with E-state index in [1.807, 2.05) is 0 Å². The van der Waals surface area contributed by atoms with Crippen LogP contribution in [0.15, 0.2) is 0 Å². The first-order valence-electron chi connectivity index (χ1n) is 5.86. The lowest BCUT2D eigenvalue weighted by Crippen LogP contribution is -2.37. The number of nitrogens with two attached hydrogens (primary N) is 1. The van der Waals surface area contributed by atoms with E-state index in [1.165, 1.54) is 4.90 Å². The van der Waals surface area contributed by atoms with Crippen LogP contribution in [0, 0.1) is 17.8 Å². The van der Waals surface area contributed by atoms with Crippen molar-refractivity contribution >= 4 is 17.8 Å². The van der Waals surface area contributed by atoms with E-state index in [4.69, 9.17) is 15.9 Å². The molecule has 0 bridgehead atoms. The zero-order valence-corrected chi connectivity index (χ0v) is 10.4. The first-order valence-corrected chi connectivity index (χ1v) is 5.86. The van der Waals surface area contributed by atoms with Gasteiger partial charge in [0.05, 0.1) is 11.8 Å². The molecule has 0 radical (unpaired) electrons. The largest absolute Gasteiger partial charge is 0.481 e. The van der Waals surface area contributed by atoms with Gasteiger partial charge in [0.15, 0.2) is 0 Å². The van der Waals surface area contributed by atoms with E-state index >= 15 is 0 Å². The predicted octanol–water partition coefficient (Wildman–Crippen LogP) is -0.786. The molecule has 4 N–H and O–H groups in total. The molecule has 0 aromatic heterocycles. The van der Waals surface area contributed by atoms with Crippen LogP contribution in [0.3, 0.4) is 0 Å². The highest BCUT2D eigenvalue weighted by molar-refractivity contribution is 5.92.